The first-order valence-corrected chi connectivity index (χ1v) is 5.36. The lowest BCUT2D eigenvalue weighted by Gasteiger charge is -2.33. The number of carbonyl (C=O) groups is 1. The molecule has 0 bridgehead atoms. The quantitative estimate of drug-likeness (QED) is 0.623. The van der Waals surface area contributed by atoms with Crippen molar-refractivity contribution in [2.45, 2.75) is 45.0 Å². The number of hydrogen-bond donors (Lipinski definition) is 3. The molecule has 0 aromatic rings. The van der Waals surface area contributed by atoms with Gasteiger partial charge in [-0.05, 0) is 25.7 Å². The van der Waals surface area contributed by atoms with Crippen LogP contribution in [0.25, 0.3) is 0 Å². The molecule has 0 aromatic carbocycles. The van der Waals surface area contributed by atoms with Gasteiger partial charge in [-0.3, -0.25) is 10.1 Å². The Morgan fingerprint density at radius 1 is 1.67 bits per heavy atom. The van der Waals surface area contributed by atoms with Crippen LogP contribution in [0.1, 0.15) is 26.7 Å². The summed E-state index contributed by atoms with van der Waals surface area (Å²) in [6.07, 6.45) is 1.54. The van der Waals surface area contributed by atoms with Gasteiger partial charge in [-0.15, -0.1) is 0 Å². The third kappa shape index (κ3) is 3.77. The first-order chi connectivity index (χ1) is 7.00. The van der Waals surface area contributed by atoms with E-state index in [0.29, 0.717) is 6.61 Å². The van der Waals surface area contributed by atoms with Crippen LogP contribution in [0.15, 0.2) is 0 Å². The molecule has 0 aliphatic carbocycles. The molecule has 88 valence electrons. The van der Waals surface area contributed by atoms with Crippen molar-refractivity contribution in [1.82, 2.24) is 5.32 Å². The van der Waals surface area contributed by atoms with Gasteiger partial charge in [0.1, 0.15) is 12.3 Å². The van der Waals surface area contributed by atoms with E-state index in [0.717, 1.165) is 12.8 Å². The topological polar surface area (TPSA) is 84.6 Å². The SMILES string of the molecule is CC(N)COC1CCC(C)C(C(=O)O)N1. The van der Waals surface area contributed by atoms with Crippen molar-refractivity contribution in [1.29, 1.82) is 0 Å². The van der Waals surface area contributed by atoms with Crippen LogP contribution >= 0.6 is 0 Å². The summed E-state index contributed by atoms with van der Waals surface area (Å²) in [5.41, 5.74) is 5.56. The summed E-state index contributed by atoms with van der Waals surface area (Å²) in [5, 5.41) is 11.9. The Bertz CT molecular complexity index is 221. The molecule has 0 saturated carbocycles. The fourth-order valence-electron chi connectivity index (χ4n) is 1.74. The van der Waals surface area contributed by atoms with Crippen LogP contribution in [0.2, 0.25) is 0 Å². The molecule has 1 rings (SSSR count). The van der Waals surface area contributed by atoms with E-state index in [4.69, 9.17) is 15.6 Å². The predicted molar refractivity (Wildman–Crippen MR) is 56.3 cm³/mol. The normalized spacial score (nSPS) is 33.7. The van der Waals surface area contributed by atoms with Gasteiger partial charge in [-0.2, -0.15) is 0 Å². The maximum atomic E-state index is 10.9. The highest BCUT2D eigenvalue weighted by Gasteiger charge is 2.32. The van der Waals surface area contributed by atoms with E-state index in [1.165, 1.54) is 0 Å². The highest BCUT2D eigenvalue weighted by atomic mass is 16.5. The molecule has 5 nitrogen and oxygen atoms in total. The zero-order chi connectivity index (χ0) is 11.4. The van der Waals surface area contributed by atoms with Crippen LogP contribution in [-0.4, -0.2) is 36.0 Å². The van der Waals surface area contributed by atoms with Gasteiger partial charge in [-0.1, -0.05) is 6.92 Å². The summed E-state index contributed by atoms with van der Waals surface area (Å²) in [7, 11) is 0. The number of ether oxygens (including phenoxy) is 1. The molecule has 4 N–H and O–H groups in total. The van der Waals surface area contributed by atoms with E-state index in [1.54, 1.807) is 0 Å². The number of carboxylic acid groups (broad SMARTS) is 1. The first-order valence-electron chi connectivity index (χ1n) is 5.36. The maximum absolute atomic E-state index is 10.9. The fraction of sp³-hybridized carbons (Fsp3) is 0.900. The lowest BCUT2D eigenvalue weighted by atomic mass is 9.92. The second-order valence-electron chi connectivity index (χ2n) is 4.34. The van der Waals surface area contributed by atoms with Gasteiger partial charge >= 0.3 is 5.97 Å². The van der Waals surface area contributed by atoms with Crippen molar-refractivity contribution in [3.8, 4) is 0 Å². The molecule has 15 heavy (non-hydrogen) atoms. The Morgan fingerprint density at radius 2 is 2.33 bits per heavy atom. The summed E-state index contributed by atoms with van der Waals surface area (Å²) < 4.78 is 5.47. The predicted octanol–water partition coefficient (Wildman–Crippen LogP) is 0.149. The monoisotopic (exact) mass is 216 g/mol. The smallest absolute Gasteiger partial charge is 0.321 e. The molecule has 0 radical (unpaired) electrons. The largest absolute Gasteiger partial charge is 0.480 e. The average molecular weight is 216 g/mol. The molecule has 0 amide bonds. The molecule has 5 heteroatoms. The molecule has 0 aromatic heterocycles. The van der Waals surface area contributed by atoms with Crippen molar-refractivity contribution < 1.29 is 14.6 Å². The third-order valence-corrected chi connectivity index (χ3v) is 2.65. The van der Waals surface area contributed by atoms with Gasteiger partial charge in [0.15, 0.2) is 0 Å². The second kappa shape index (κ2) is 5.44. The van der Waals surface area contributed by atoms with Gasteiger partial charge in [0.25, 0.3) is 0 Å². The summed E-state index contributed by atoms with van der Waals surface area (Å²) in [4.78, 5) is 10.9. The number of nitrogens with one attached hydrogen (secondary N) is 1. The van der Waals surface area contributed by atoms with Gasteiger partial charge in [-0.25, -0.2) is 0 Å². The van der Waals surface area contributed by atoms with Crippen molar-refractivity contribution in [3.05, 3.63) is 0 Å². The lowest BCUT2D eigenvalue weighted by molar-refractivity contribution is -0.144. The molecule has 1 aliphatic rings. The Kier molecular flexibility index (Phi) is 4.50. The minimum absolute atomic E-state index is 0.0190. The highest BCUT2D eigenvalue weighted by Crippen LogP contribution is 2.20. The molecular formula is C10H20N2O3. The van der Waals surface area contributed by atoms with Gasteiger partial charge < -0.3 is 15.6 Å². The molecule has 4 unspecified atom stereocenters. The third-order valence-electron chi connectivity index (χ3n) is 2.65. The molecule has 4 atom stereocenters. The van der Waals surface area contributed by atoms with Gasteiger partial charge in [0.05, 0.1) is 6.61 Å². The van der Waals surface area contributed by atoms with E-state index >= 15 is 0 Å². The van der Waals surface area contributed by atoms with Crippen LogP contribution < -0.4 is 11.1 Å². The molecular weight excluding hydrogens is 196 g/mol. The van der Waals surface area contributed by atoms with E-state index in [1.807, 2.05) is 13.8 Å². The number of rotatable bonds is 4. The molecule has 1 aliphatic heterocycles. The Balaban J connectivity index is 2.40. The second-order valence-corrected chi connectivity index (χ2v) is 4.34. The van der Waals surface area contributed by atoms with Crippen molar-refractivity contribution >= 4 is 5.97 Å². The molecule has 0 spiro atoms. The number of carboxylic acids is 1. The van der Waals surface area contributed by atoms with Crippen LogP contribution in [-0.2, 0) is 9.53 Å². The van der Waals surface area contributed by atoms with E-state index in [-0.39, 0.29) is 18.2 Å². The van der Waals surface area contributed by atoms with Crippen molar-refractivity contribution in [2.24, 2.45) is 11.7 Å². The summed E-state index contributed by atoms with van der Waals surface area (Å²) in [6, 6.07) is -0.522. The van der Waals surface area contributed by atoms with Gasteiger partial charge in [0, 0.05) is 6.04 Å². The highest BCUT2D eigenvalue weighted by molar-refractivity contribution is 5.74. The lowest BCUT2D eigenvalue weighted by Crippen LogP contribution is -2.52. The minimum atomic E-state index is -0.809. The average Bonchev–Trinajstić information content (AvgIpc) is 2.16. The number of piperidine rings is 1. The van der Waals surface area contributed by atoms with Gasteiger partial charge in [0.2, 0.25) is 0 Å². The molecule has 1 fully saturated rings. The zero-order valence-corrected chi connectivity index (χ0v) is 9.27. The standard InChI is InChI=1S/C10H20N2O3/c1-6-3-4-8(15-5-7(2)11)12-9(6)10(13)14/h6-9,12H,3-5,11H2,1-2H3,(H,13,14). The number of hydrogen-bond acceptors (Lipinski definition) is 4. The van der Waals surface area contributed by atoms with Crippen molar-refractivity contribution in [2.75, 3.05) is 6.61 Å². The summed E-state index contributed by atoms with van der Waals surface area (Å²) in [5.74, 6) is -0.658. The van der Waals surface area contributed by atoms with Crippen molar-refractivity contribution in [3.63, 3.8) is 0 Å². The summed E-state index contributed by atoms with van der Waals surface area (Å²) >= 11 is 0. The van der Waals surface area contributed by atoms with E-state index in [2.05, 4.69) is 5.32 Å². The molecule has 1 heterocycles. The Morgan fingerprint density at radius 3 is 2.87 bits per heavy atom. The Hall–Kier alpha value is -0.650. The van der Waals surface area contributed by atoms with E-state index < -0.39 is 12.0 Å². The van der Waals surface area contributed by atoms with Crippen LogP contribution in [0.3, 0.4) is 0 Å². The van der Waals surface area contributed by atoms with E-state index in [9.17, 15) is 4.79 Å². The number of nitrogens with two attached hydrogens (primary N) is 1. The van der Waals surface area contributed by atoms with Crippen LogP contribution in [0, 0.1) is 5.92 Å². The van der Waals surface area contributed by atoms with Crippen LogP contribution in [0.5, 0.6) is 0 Å². The van der Waals surface area contributed by atoms with Crippen LogP contribution in [0.4, 0.5) is 0 Å². The zero-order valence-electron chi connectivity index (χ0n) is 9.27. The first kappa shape index (κ1) is 12.4. The number of aliphatic carboxylic acids is 1. The minimum Gasteiger partial charge on any atom is -0.480 e. The fourth-order valence-corrected chi connectivity index (χ4v) is 1.74. The molecule has 1 saturated heterocycles. The maximum Gasteiger partial charge on any atom is 0.321 e. The Labute approximate surface area is 90.0 Å². The summed E-state index contributed by atoms with van der Waals surface area (Å²) in [6.45, 7) is 4.26.